The second-order valence-electron chi connectivity index (χ2n) is 27.7. The molecule has 0 bridgehead atoms. The van der Waals surface area contributed by atoms with E-state index in [1.54, 1.807) is 146 Å². The van der Waals surface area contributed by atoms with Crippen LogP contribution in [0.1, 0.15) is 204 Å². The second-order valence-corrected chi connectivity index (χ2v) is 27.7. The number of ketones is 3. The summed E-state index contributed by atoms with van der Waals surface area (Å²) in [5.74, 6) is -8.49. The first kappa shape index (κ1) is 98.1. The van der Waals surface area contributed by atoms with E-state index in [1.165, 1.54) is 9.80 Å². The van der Waals surface area contributed by atoms with E-state index in [0.717, 1.165) is 11.3 Å². The molecule has 103 heavy (non-hydrogen) atoms. The highest BCUT2D eigenvalue weighted by molar-refractivity contribution is 5.96. The maximum atomic E-state index is 13.7. The fraction of sp³-hybridized carbons (Fsp3) is 0.644. The van der Waals surface area contributed by atoms with Gasteiger partial charge in [0.2, 0.25) is 35.4 Å². The number of nitrogens with one attached hydrogen (secondary N) is 6. The van der Waals surface area contributed by atoms with Gasteiger partial charge >= 0.3 is 30.0 Å². The fourth-order valence-corrected chi connectivity index (χ4v) is 9.57. The van der Waals surface area contributed by atoms with Gasteiger partial charge in [-0.05, 0) is 134 Å². The summed E-state index contributed by atoms with van der Waals surface area (Å²) in [6.45, 7) is 17.5. The number of carboxylic acids is 1. The van der Waals surface area contributed by atoms with Crippen molar-refractivity contribution < 1.29 is 91.9 Å². The summed E-state index contributed by atoms with van der Waals surface area (Å²) in [5, 5.41) is 42.9. The van der Waals surface area contributed by atoms with E-state index in [0.29, 0.717) is 17.5 Å². The van der Waals surface area contributed by atoms with Crippen molar-refractivity contribution in [3.63, 3.8) is 0 Å². The normalized spacial score (nSPS) is 12.6. The Bertz CT molecular complexity index is 3000. The summed E-state index contributed by atoms with van der Waals surface area (Å²) in [4.78, 5) is 178. The lowest BCUT2D eigenvalue weighted by Crippen LogP contribution is -2.48. The van der Waals surface area contributed by atoms with Crippen LogP contribution < -0.4 is 49.1 Å². The van der Waals surface area contributed by atoms with Crippen LogP contribution in [-0.4, -0.2) is 185 Å². The number of hydrogen-bond donors (Lipinski definition) is 12. The first-order chi connectivity index (χ1) is 47.0. The van der Waals surface area contributed by atoms with Crippen LogP contribution in [0.2, 0.25) is 0 Å². The summed E-state index contributed by atoms with van der Waals surface area (Å²) in [6.07, 6.45) is 0.597. The number of aliphatic hydroxyl groups is 2. The number of ether oxygens (including phenoxy) is 2. The van der Waals surface area contributed by atoms with Gasteiger partial charge in [0.1, 0.15) is 17.2 Å². The second kappa shape index (κ2) is 51.1. The molecule has 2 aromatic carbocycles. The minimum Gasteiger partial charge on any atom is -0.480 e. The summed E-state index contributed by atoms with van der Waals surface area (Å²) in [5.41, 5.74) is 17.1. The van der Waals surface area contributed by atoms with Crippen LogP contribution in [0.3, 0.4) is 0 Å². The maximum absolute atomic E-state index is 13.7. The van der Waals surface area contributed by atoms with Crippen LogP contribution in [0.15, 0.2) is 48.5 Å². The van der Waals surface area contributed by atoms with Crippen LogP contribution in [0.25, 0.3) is 0 Å². The number of Topliss-reactive ketones (excluding diaryl/α,β-unsaturated/α-hetero) is 3. The molecule has 0 saturated heterocycles. The molecule has 30 heteroatoms. The number of aliphatic carboxylic acids is 1. The van der Waals surface area contributed by atoms with Crippen molar-refractivity contribution in [1.29, 1.82) is 0 Å². The van der Waals surface area contributed by atoms with Crippen LogP contribution in [0.5, 0.6) is 0 Å². The number of urea groups is 2. The van der Waals surface area contributed by atoms with E-state index in [2.05, 4.69) is 31.9 Å². The number of rotatable bonds is 42. The van der Waals surface area contributed by atoms with E-state index in [-0.39, 0.29) is 173 Å². The molecule has 0 saturated carbocycles. The molecule has 0 heterocycles. The Labute approximate surface area is 608 Å². The summed E-state index contributed by atoms with van der Waals surface area (Å²) in [6, 6.07) is 8.15. The Kier molecular flexibility index (Phi) is 48.7. The number of nitrogen functional groups attached to an aromatic ring is 1. The molecule has 0 spiro atoms. The molecule has 30 nitrogen and oxygen atoms in total. The zero-order valence-corrected chi connectivity index (χ0v) is 61.6. The number of nitrogens with two attached hydrogens (primary N) is 3. The SMILES string of the molecule is C.C.CC(C)[C@H](CC(=O)[C@H](CCC(=O)OC(C)(C)C)NC(=O)CCCC(=O)N(C)C)C(=O)N[C@@H](CCCNC(N)=O)C(=O)Cc1ccc(CO)cc1.CC(C)[C@H](CC(=O)[C@H](CCC(=O)OC(C)(C)C)NC(=O)CCCC(=O)N(C)C)C(=O)N[C@@H](CCCNC(N)=O)C(=O)O.Nc1ccc(CO)cc1. The van der Waals surface area contributed by atoms with Crippen LogP contribution in [0.4, 0.5) is 15.3 Å². The van der Waals surface area contributed by atoms with Gasteiger partial charge in [-0.3, -0.25) is 52.7 Å². The van der Waals surface area contributed by atoms with Gasteiger partial charge in [0.05, 0.1) is 31.3 Å². The molecule has 2 aromatic rings. The lowest BCUT2D eigenvalue weighted by molar-refractivity contribution is -0.156. The smallest absolute Gasteiger partial charge is 0.326 e. The van der Waals surface area contributed by atoms with Gasteiger partial charge in [0.15, 0.2) is 17.3 Å². The number of aliphatic hydroxyl groups excluding tert-OH is 2. The Morgan fingerprint density at radius 3 is 1.11 bits per heavy atom. The number of benzene rings is 2. The van der Waals surface area contributed by atoms with Crippen molar-refractivity contribution in [1.82, 2.24) is 41.7 Å². The van der Waals surface area contributed by atoms with Gasteiger partial charge in [0.25, 0.3) is 0 Å². The number of nitrogens with zero attached hydrogens (tertiary/aromatic N) is 2. The largest absolute Gasteiger partial charge is 0.480 e. The zero-order chi connectivity index (χ0) is 77.3. The van der Waals surface area contributed by atoms with Crippen LogP contribution >= 0.6 is 0 Å². The number of carbonyl (C=O) groups is 14. The number of anilines is 1. The zero-order valence-electron chi connectivity index (χ0n) is 61.6. The summed E-state index contributed by atoms with van der Waals surface area (Å²) >= 11 is 0. The monoisotopic (exact) mass is 1460 g/mol. The van der Waals surface area contributed by atoms with Crippen LogP contribution in [0, 0.1) is 23.7 Å². The highest BCUT2D eigenvalue weighted by Gasteiger charge is 2.35. The third kappa shape index (κ3) is 46.2. The van der Waals surface area contributed by atoms with Crippen molar-refractivity contribution in [3.8, 4) is 0 Å². The van der Waals surface area contributed by atoms with Crippen molar-refractivity contribution in [3.05, 3.63) is 65.2 Å². The van der Waals surface area contributed by atoms with Crippen molar-refractivity contribution in [2.75, 3.05) is 47.0 Å². The number of esters is 2. The standard InChI is InChI=1S/C36H57N5O9.C28H49N5O9.C7H9NO.2CH4/c1-23(2)26(34(48)40-27(10-9-19-38-35(37)49)29(43)20-24-13-15-25(22-42)16-14-24)21-30(44)28(17-18-33(47)50-36(3,4)5)39-31(45)11-8-12-32(46)41(6)7;1-17(2)18(25(38)32-20(26(39)40)10-9-15-30-27(29)41)16-21(34)19(13-14-24(37)42-28(3,4)5)31-22(35)11-8-12-23(36)33(6)7;8-7-3-1-6(5-9)2-4-7;;/h13-16,23,26-28,42H,8-12,17-22H2,1-7H3,(H,39,45)(H,40,48)(H3,37,38,49);17-20H,8-16H2,1-7H3,(H,31,35)(H,32,38)(H,39,40)(H3,29,30,41);1-4,9H,5,8H2;2*1H4/t26-,27-,28-;18-,19-,20-;;;/m00.../s1. The fourth-order valence-electron chi connectivity index (χ4n) is 9.57. The van der Waals surface area contributed by atoms with Gasteiger partial charge in [-0.2, -0.15) is 0 Å². The molecule has 0 aliphatic carbocycles. The van der Waals surface area contributed by atoms with E-state index in [4.69, 9.17) is 31.8 Å². The van der Waals surface area contributed by atoms with Crippen molar-refractivity contribution >= 4 is 88.5 Å². The lowest BCUT2D eigenvalue weighted by atomic mass is 9.86. The highest BCUT2D eigenvalue weighted by Crippen LogP contribution is 2.23. The Morgan fingerprint density at radius 1 is 0.456 bits per heavy atom. The number of hydrogen-bond acceptors (Lipinski definition) is 19. The molecule has 0 aliphatic rings. The van der Waals surface area contributed by atoms with Gasteiger partial charge in [0, 0.05) is 117 Å². The highest BCUT2D eigenvalue weighted by atomic mass is 16.6. The molecule has 10 amide bonds. The molecule has 15 N–H and O–H groups in total. The quantitative estimate of drug-likeness (QED) is 0.0223. The van der Waals surface area contributed by atoms with E-state index in [9.17, 15) is 77.3 Å². The average Bonchev–Trinajstić information content (AvgIpc) is 0.865. The molecule has 584 valence electrons. The topological polar surface area (TPSA) is 475 Å². The molecular weight excluding hydrogens is 1330 g/mol. The predicted molar refractivity (Wildman–Crippen MR) is 391 cm³/mol. The number of amides is 10. The lowest BCUT2D eigenvalue weighted by Gasteiger charge is -2.26. The first-order valence-electron chi connectivity index (χ1n) is 34.0. The minimum absolute atomic E-state index is 0. The van der Waals surface area contributed by atoms with Gasteiger partial charge < -0.3 is 83.7 Å². The van der Waals surface area contributed by atoms with Gasteiger partial charge in [-0.1, -0.05) is 78.9 Å². The molecule has 0 fully saturated rings. The summed E-state index contributed by atoms with van der Waals surface area (Å²) < 4.78 is 10.7. The molecule has 6 atom stereocenters. The number of carboxylic acid groups (broad SMARTS) is 1. The summed E-state index contributed by atoms with van der Waals surface area (Å²) in [7, 11) is 6.45. The number of primary amides is 2. The molecule has 0 radical (unpaired) electrons. The predicted octanol–water partition coefficient (Wildman–Crippen LogP) is 5.45. The molecule has 0 aromatic heterocycles. The number of carbonyl (C=O) groups excluding carboxylic acids is 13. The van der Waals surface area contributed by atoms with E-state index < -0.39 is 112 Å². The van der Waals surface area contributed by atoms with Gasteiger partial charge in [-0.25, -0.2) is 14.4 Å². The molecule has 0 unspecified atom stereocenters. The minimum atomic E-state index is -1.27. The Hall–Kier alpha value is -9.06. The molecule has 0 aliphatic heterocycles. The van der Waals surface area contributed by atoms with Crippen molar-refractivity contribution in [2.24, 2.45) is 35.1 Å². The third-order valence-corrected chi connectivity index (χ3v) is 15.3. The Morgan fingerprint density at radius 2 is 0.786 bits per heavy atom. The average molecular weight is 1460 g/mol. The van der Waals surface area contributed by atoms with Crippen LogP contribution in [-0.2, 0) is 86.6 Å². The third-order valence-electron chi connectivity index (χ3n) is 15.3. The van der Waals surface area contributed by atoms with E-state index in [1.807, 2.05) is 0 Å². The molecule has 2 rings (SSSR count). The van der Waals surface area contributed by atoms with E-state index >= 15 is 0 Å². The van der Waals surface area contributed by atoms with Gasteiger partial charge in [-0.15, -0.1) is 0 Å². The Balaban J connectivity index is -0.00000171. The van der Waals surface area contributed by atoms with Crippen molar-refractivity contribution in [2.45, 2.75) is 242 Å². The maximum Gasteiger partial charge on any atom is 0.326 e. The first-order valence-corrected chi connectivity index (χ1v) is 34.0. The molecular formula is C73H123N11O19.